The number of hydrogen-bond acceptors (Lipinski definition) is 3. The van der Waals surface area contributed by atoms with Gasteiger partial charge in [-0.25, -0.2) is 4.68 Å². The van der Waals surface area contributed by atoms with Gasteiger partial charge in [0.1, 0.15) is 0 Å². The van der Waals surface area contributed by atoms with Gasteiger partial charge in [-0.15, -0.1) is 0 Å². The van der Waals surface area contributed by atoms with Crippen LogP contribution in [0.15, 0.2) is 60.7 Å². The number of benzene rings is 2. The number of piperazine rings is 1. The first-order chi connectivity index (χ1) is 13.7. The molecule has 0 unspecified atom stereocenters. The Bertz CT molecular complexity index is 878. The Morgan fingerprint density at radius 2 is 1.46 bits per heavy atom. The summed E-state index contributed by atoms with van der Waals surface area (Å²) in [5, 5.41) is 4.82. The molecule has 0 atom stereocenters. The Morgan fingerprint density at radius 1 is 0.821 bits per heavy atom. The van der Waals surface area contributed by atoms with Crippen LogP contribution >= 0.6 is 0 Å². The summed E-state index contributed by atoms with van der Waals surface area (Å²) in [7, 11) is 0. The van der Waals surface area contributed by atoms with Crippen LogP contribution in [0, 0.1) is 13.8 Å². The topological polar surface area (TPSA) is 24.3 Å². The predicted molar refractivity (Wildman–Crippen MR) is 116 cm³/mol. The molecule has 28 heavy (non-hydrogen) atoms. The van der Waals surface area contributed by atoms with Gasteiger partial charge < -0.3 is 4.90 Å². The van der Waals surface area contributed by atoms with E-state index in [-0.39, 0.29) is 0 Å². The standard InChI is InChI=1S/C24H30N4/c1-20-24(21(2)28(25-20)23-13-7-4-8-14-23)27-18-16-26(17-19-27)15-9-12-22-10-5-3-6-11-22/h3-8,10-11,13-14H,9,12,15-19H2,1-2H3. The maximum absolute atomic E-state index is 4.82. The number of para-hydroxylation sites is 1. The van der Waals surface area contributed by atoms with E-state index in [0.717, 1.165) is 37.6 Å². The molecule has 4 nitrogen and oxygen atoms in total. The number of hydrogen-bond donors (Lipinski definition) is 0. The molecule has 2 aromatic carbocycles. The Hall–Kier alpha value is -2.59. The molecular weight excluding hydrogens is 344 g/mol. The average molecular weight is 375 g/mol. The first kappa shape index (κ1) is 18.8. The van der Waals surface area contributed by atoms with Gasteiger partial charge in [-0.3, -0.25) is 4.90 Å². The quantitative estimate of drug-likeness (QED) is 0.645. The fraction of sp³-hybridized carbons (Fsp3) is 0.375. The molecule has 2 heterocycles. The smallest absolute Gasteiger partial charge is 0.0834 e. The second-order valence-electron chi connectivity index (χ2n) is 7.68. The molecule has 146 valence electrons. The minimum absolute atomic E-state index is 1.08. The number of aromatic nitrogens is 2. The van der Waals surface area contributed by atoms with Gasteiger partial charge in [0.05, 0.1) is 22.8 Å². The average Bonchev–Trinajstić information content (AvgIpc) is 3.04. The molecule has 0 saturated carbocycles. The van der Waals surface area contributed by atoms with Gasteiger partial charge in [-0.2, -0.15) is 5.10 Å². The van der Waals surface area contributed by atoms with Crippen LogP contribution in [0.3, 0.4) is 0 Å². The minimum Gasteiger partial charge on any atom is -0.366 e. The molecule has 1 aliphatic heterocycles. The molecule has 1 aliphatic rings. The highest BCUT2D eigenvalue weighted by Crippen LogP contribution is 2.27. The summed E-state index contributed by atoms with van der Waals surface area (Å²) < 4.78 is 2.08. The Kier molecular flexibility index (Phi) is 5.77. The van der Waals surface area contributed by atoms with Crippen molar-refractivity contribution in [3.8, 4) is 5.69 Å². The number of rotatable bonds is 6. The van der Waals surface area contributed by atoms with Crippen molar-refractivity contribution < 1.29 is 0 Å². The van der Waals surface area contributed by atoms with E-state index in [1.807, 2.05) is 6.07 Å². The third kappa shape index (κ3) is 4.12. The van der Waals surface area contributed by atoms with Crippen LogP contribution in [-0.2, 0) is 6.42 Å². The number of nitrogens with zero attached hydrogens (tertiary/aromatic N) is 4. The van der Waals surface area contributed by atoms with Crippen molar-refractivity contribution in [1.29, 1.82) is 0 Å². The van der Waals surface area contributed by atoms with Crippen molar-refractivity contribution >= 4 is 5.69 Å². The number of anilines is 1. The molecule has 0 spiro atoms. The van der Waals surface area contributed by atoms with E-state index in [0.29, 0.717) is 0 Å². The van der Waals surface area contributed by atoms with Crippen molar-refractivity contribution in [2.45, 2.75) is 26.7 Å². The van der Waals surface area contributed by atoms with Gasteiger partial charge >= 0.3 is 0 Å². The fourth-order valence-electron chi connectivity index (χ4n) is 4.26. The second-order valence-corrected chi connectivity index (χ2v) is 7.68. The third-order valence-electron chi connectivity index (χ3n) is 5.73. The molecule has 1 saturated heterocycles. The fourth-order valence-corrected chi connectivity index (χ4v) is 4.26. The van der Waals surface area contributed by atoms with Gasteiger partial charge in [0, 0.05) is 26.2 Å². The van der Waals surface area contributed by atoms with E-state index in [4.69, 9.17) is 5.10 Å². The van der Waals surface area contributed by atoms with Gasteiger partial charge in [-0.05, 0) is 50.9 Å². The normalized spacial score (nSPS) is 15.1. The monoisotopic (exact) mass is 374 g/mol. The predicted octanol–water partition coefficient (Wildman–Crippen LogP) is 4.24. The van der Waals surface area contributed by atoms with Crippen LogP contribution in [0.5, 0.6) is 0 Å². The lowest BCUT2D eigenvalue weighted by atomic mass is 10.1. The second kappa shape index (κ2) is 8.61. The molecule has 1 aromatic heterocycles. The largest absolute Gasteiger partial charge is 0.366 e. The summed E-state index contributed by atoms with van der Waals surface area (Å²) in [5.41, 5.74) is 6.25. The van der Waals surface area contributed by atoms with Crippen LogP contribution in [0.4, 0.5) is 5.69 Å². The highest BCUT2D eigenvalue weighted by molar-refractivity contribution is 5.57. The lowest BCUT2D eigenvalue weighted by molar-refractivity contribution is 0.255. The molecule has 4 heteroatoms. The summed E-state index contributed by atoms with van der Waals surface area (Å²) in [4.78, 5) is 5.12. The summed E-state index contributed by atoms with van der Waals surface area (Å²) >= 11 is 0. The molecule has 0 N–H and O–H groups in total. The van der Waals surface area contributed by atoms with E-state index in [1.165, 1.54) is 36.3 Å². The Balaban J connectivity index is 1.34. The molecule has 0 radical (unpaired) electrons. The SMILES string of the molecule is Cc1nn(-c2ccccc2)c(C)c1N1CCN(CCCc2ccccc2)CC1. The van der Waals surface area contributed by atoms with Crippen molar-refractivity contribution in [2.75, 3.05) is 37.6 Å². The van der Waals surface area contributed by atoms with Crippen molar-refractivity contribution in [1.82, 2.24) is 14.7 Å². The molecule has 4 rings (SSSR count). The molecule has 3 aromatic rings. The summed E-state index contributed by atoms with van der Waals surface area (Å²) in [6, 6.07) is 21.2. The van der Waals surface area contributed by atoms with Gasteiger partial charge in [0.2, 0.25) is 0 Å². The van der Waals surface area contributed by atoms with E-state index in [2.05, 4.69) is 82.9 Å². The molecule has 0 bridgehead atoms. The highest BCUT2D eigenvalue weighted by atomic mass is 15.3. The van der Waals surface area contributed by atoms with Crippen LogP contribution in [0.1, 0.15) is 23.4 Å². The summed E-state index contributed by atoms with van der Waals surface area (Å²) in [6.45, 7) is 9.92. The van der Waals surface area contributed by atoms with E-state index < -0.39 is 0 Å². The van der Waals surface area contributed by atoms with Crippen LogP contribution in [0.25, 0.3) is 5.69 Å². The highest BCUT2D eigenvalue weighted by Gasteiger charge is 2.23. The van der Waals surface area contributed by atoms with Gasteiger partial charge in [0.25, 0.3) is 0 Å². The zero-order valence-corrected chi connectivity index (χ0v) is 17.0. The van der Waals surface area contributed by atoms with Crippen molar-refractivity contribution in [3.05, 3.63) is 77.6 Å². The first-order valence-corrected chi connectivity index (χ1v) is 10.4. The lowest BCUT2D eigenvalue weighted by Crippen LogP contribution is -2.47. The third-order valence-corrected chi connectivity index (χ3v) is 5.73. The van der Waals surface area contributed by atoms with E-state index in [9.17, 15) is 0 Å². The maximum atomic E-state index is 4.82. The van der Waals surface area contributed by atoms with Gasteiger partial charge in [0.15, 0.2) is 0 Å². The molecular formula is C24H30N4. The van der Waals surface area contributed by atoms with E-state index in [1.54, 1.807) is 0 Å². The Labute approximate surface area is 168 Å². The minimum atomic E-state index is 1.08. The Morgan fingerprint density at radius 3 is 2.14 bits per heavy atom. The molecule has 1 fully saturated rings. The molecule has 0 aliphatic carbocycles. The van der Waals surface area contributed by atoms with Crippen LogP contribution < -0.4 is 4.90 Å². The summed E-state index contributed by atoms with van der Waals surface area (Å²) in [5.74, 6) is 0. The summed E-state index contributed by atoms with van der Waals surface area (Å²) in [6.07, 6.45) is 2.40. The zero-order valence-electron chi connectivity index (χ0n) is 17.0. The van der Waals surface area contributed by atoms with Gasteiger partial charge in [-0.1, -0.05) is 48.5 Å². The first-order valence-electron chi connectivity index (χ1n) is 10.4. The van der Waals surface area contributed by atoms with Crippen LogP contribution in [-0.4, -0.2) is 47.4 Å². The zero-order chi connectivity index (χ0) is 19.3. The van der Waals surface area contributed by atoms with E-state index >= 15 is 0 Å². The maximum Gasteiger partial charge on any atom is 0.0834 e. The molecule has 0 amide bonds. The van der Waals surface area contributed by atoms with Crippen LogP contribution in [0.2, 0.25) is 0 Å². The van der Waals surface area contributed by atoms with Crippen molar-refractivity contribution in [3.63, 3.8) is 0 Å². The van der Waals surface area contributed by atoms with Crippen molar-refractivity contribution in [2.24, 2.45) is 0 Å². The lowest BCUT2D eigenvalue weighted by Gasteiger charge is -2.36. The number of aryl methyl sites for hydroxylation is 2.